The van der Waals surface area contributed by atoms with Crippen LogP contribution in [0.25, 0.3) is 11.4 Å². The van der Waals surface area contributed by atoms with Crippen molar-refractivity contribution in [1.29, 1.82) is 0 Å². The Hall–Kier alpha value is -2.04. The van der Waals surface area contributed by atoms with E-state index >= 15 is 0 Å². The number of aromatic amines is 1. The maximum atomic E-state index is 12.5. The summed E-state index contributed by atoms with van der Waals surface area (Å²) in [4.78, 5) is 18.5. The highest BCUT2D eigenvalue weighted by Crippen LogP contribution is 2.22. The van der Waals surface area contributed by atoms with Gasteiger partial charge in [-0.25, -0.2) is 13.8 Å². The fraction of sp³-hybridized carbons (Fsp3) is 0.286. The third kappa shape index (κ3) is 3.24. The Kier molecular flexibility index (Phi) is 4.04. The molecule has 0 bridgehead atoms. The fourth-order valence-electron chi connectivity index (χ4n) is 1.82. The second-order valence-electron chi connectivity index (χ2n) is 4.26. The zero-order valence-corrected chi connectivity index (χ0v) is 10.5. The van der Waals surface area contributed by atoms with Gasteiger partial charge in [-0.3, -0.25) is 4.79 Å². The first-order chi connectivity index (χ1) is 9.10. The largest absolute Gasteiger partial charge is 0.307 e. The molecule has 1 aromatic carbocycles. The summed E-state index contributed by atoms with van der Waals surface area (Å²) < 4.78 is 24.9. The lowest BCUT2D eigenvalue weighted by Crippen LogP contribution is -2.10. The topological polar surface area (TPSA) is 45.8 Å². The number of hydrogen-bond donors (Lipinski definition) is 1. The summed E-state index contributed by atoms with van der Waals surface area (Å²) in [5.41, 5.74) is 1.06. The first-order valence-electron chi connectivity index (χ1n) is 6.09. The van der Waals surface area contributed by atoms with Gasteiger partial charge in [-0.05, 0) is 6.42 Å². The molecule has 0 aliphatic carbocycles. The van der Waals surface area contributed by atoms with Gasteiger partial charge in [0.1, 0.15) is 5.82 Å². The minimum absolute atomic E-state index is 0.0455. The van der Waals surface area contributed by atoms with E-state index in [1.807, 2.05) is 6.92 Å². The molecule has 2 rings (SSSR count). The minimum atomic E-state index is -2.49. The number of halogens is 2. The summed E-state index contributed by atoms with van der Waals surface area (Å²) >= 11 is 0. The van der Waals surface area contributed by atoms with Crippen molar-refractivity contribution in [3.8, 4) is 11.4 Å². The molecule has 0 radical (unpaired) electrons. The molecule has 1 heterocycles. The summed E-state index contributed by atoms with van der Waals surface area (Å²) in [5.74, 6) is 0.414. The molecular weight excluding hydrogens is 250 g/mol. The highest BCUT2D eigenvalue weighted by atomic mass is 19.3. The molecule has 0 saturated carbocycles. The Bertz CT molecular complexity index is 606. The van der Waals surface area contributed by atoms with Crippen LogP contribution in [0.15, 0.2) is 35.1 Å². The number of rotatable bonds is 4. The van der Waals surface area contributed by atoms with E-state index < -0.39 is 6.43 Å². The Balaban J connectivity index is 2.38. The van der Waals surface area contributed by atoms with Gasteiger partial charge in [0.25, 0.3) is 12.0 Å². The maximum Gasteiger partial charge on any atom is 0.263 e. The monoisotopic (exact) mass is 264 g/mol. The molecule has 0 aliphatic heterocycles. The first kappa shape index (κ1) is 13.4. The van der Waals surface area contributed by atoms with Crippen molar-refractivity contribution < 1.29 is 8.78 Å². The molecule has 0 saturated heterocycles. The van der Waals surface area contributed by atoms with Gasteiger partial charge in [-0.2, -0.15) is 0 Å². The molecule has 1 aromatic heterocycles. The van der Waals surface area contributed by atoms with Gasteiger partial charge >= 0.3 is 0 Å². The average Bonchev–Trinajstić information content (AvgIpc) is 2.38. The first-order valence-corrected chi connectivity index (χ1v) is 6.09. The molecule has 0 atom stereocenters. The van der Waals surface area contributed by atoms with E-state index in [0.29, 0.717) is 23.5 Å². The normalized spacial score (nSPS) is 10.9. The molecule has 0 spiro atoms. The van der Waals surface area contributed by atoms with Crippen LogP contribution in [-0.2, 0) is 6.42 Å². The van der Waals surface area contributed by atoms with Crippen molar-refractivity contribution >= 4 is 0 Å². The molecule has 5 heteroatoms. The lowest BCUT2D eigenvalue weighted by atomic mass is 10.1. The number of H-pyrrole nitrogens is 1. The van der Waals surface area contributed by atoms with Crippen LogP contribution in [0, 0.1) is 0 Å². The number of benzene rings is 1. The Morgan fingerprint density at radius 2 is 1.95 bits per heavy atom. The molecule has 2 aromatic rings. The van der Waals surface area contributed by atoms with Gasteiger partial charge in [0, 0.05) is 22.9 Å². The van der Waals surface area contributed by atoms with Crippen molar-refractivity contribution in [2.45, 2.75) is 26.2 Å². The van der Waals surface area contributed by atoms with Crippen LogP contribution in [0.5, 0.6) is 0 Å². The van der Waals surface area contributed by atoms with E-state index in [-0.39, 0.29) is 11.1 Å². The van der Waals surface area contributed by atoms with E-state index in [2.05, 4.69) is 9.97 Å². The van der Waals surface area contributed by atoms with Crippen LogP contribution < -0.4 is 5.56 Å². The third-order valence-electron chi connectivity index (χ3n) is 2.74. The van der Waals surface area contributed by atoms with Crippen molar-refractivity contribution in [3.63, 3.8) is 0 Å². The van der Waals surface area contributed by atoms with Crippen LogP contribution in [0.2, 0.25) is 0 Å². The second kappa shape index (κ2) is 5.73. The maximum absolute atomic E-state index is 12.5. The molecule has 0 amide bonds. The molecular formula is C14H14F2N2O. The number of aryl methyl sites for hydroxylation is 1. The zero-order valence-electron chi connectivity index (χ0n) is 10.5. The van der Waals surface area contributed by atoms with E-state index in [9.17, 15) is 13.6 Å². The van der Waals surface area contributed by atoms with Crippen LogP contribution in [0.3, 0.4) is 0 Å². The number of nitrogens with zero attached hydrogens (tertiary/aromatic N) is 1. The number of alkyl halides is 2. The molecule has 0 unspecified atom stereocenters. The fourth-order valence-corrected chi connectivity index (χ4v) is 1.82. The van der Waals surface area contributed by atoms with Crippen LogP contribution >= 0.6 is 0 Å². The van der Waals surface area contributed by atoms with E-state index in [1.54, 1.807) is 0 Å². The van der Waals surface area contributed by atoms with Crippen LogP contribution in [0.1, 0.15) is 31.0 Å². The average molecular weight is 264 g/mol. The van der Waals surface area contributed by atoms with Gasteiger partial charge < -0.3 is 4.98 Å². The zero-order chi connectivity index (χ0) is 13.8. The molecule has 0 aliphatic rings. The molecule has 0 fully saturated rings. The van der Waals surface area contributed by atoms with Gasteiger partial charge in [0.15, 0.2) is 0 Å². The molecule has 3 nitrogen and oxygen atoms in total. The van der Waals surface area contributed by atoms with Crippen molar-refractivity contribution in [3.05, 3.63) is 51.9 Å². The van der Waals surface area contributed by atoms with Gasteiger partial charge in [0.05, 0.1) is 0 Å². The summed E-state index contributed by atoms with van der Waals surface area (Å²) in [5, 5.41) is 0. The smallest absolute Gasteiger partial charge is 0.263 e. The third-order valence-corrected chi connectivity index (χ3v) is 2.74. The highest BCUT2D eigenvalue weighted by Gasteiger charge is 2.08. The second-order valence-corrected chi connectivity index (χ2v) is 4.26. The standard InChI is InChI=1S/C14H14F2N2O/c1-2-3-11-8-12(19)18-14(17-11)10-6-4-9(5-7-10)13(15)16/h4-8,13H,2-3H2,1H3,(H,17,18,19). The summed E-state index contributed by atoms with van der Waals surface area (Å²) in [7, 11) is 0. The summed E-state index contributed by atoms with van der Waals surface area (Å²) in [6.07, 6.45) is -0.890. The lowest BCUT2D eigenvalue weighted by molar-refractivity contribution is 0.151. The van der Waals surface area contributed by atoms with E-state index in [1.165, 1.54) is 30.3 Å². The van der Waals surface area contributed by atoms with Gasteiger partial charge in [-0.1, -0.05) is 37.6 Å². The van der Waals surface area contributed by atoms with E-state index in [4.69, 9.17) is 0 Å². The Morgan fingerprint density at radius 1 is 1.26 bits per heavy atom. The quantitative estimate of drug-likeness (QED) is 0.920. The number of aromatic nitrogens is 2. The van der Waals surface area contributed by atoms with E-state index in [0.717, 1.165) is 6.42 Å². The highest BCUT2D eigenvalue weighted by molar-refractivity contribution is 5.55. The van der Waals surface area contributed by atoms with Gasteiger partial charge in [-0.15, -0.1) is 0 Å². The molecule has 1 N–H and O–H groups in total. The van der Waals surface area contributed by atoms with Crippen molar-refractivity contribution in [2.24, 2.45) is 0 Å². The van der Waals surface area contributed by atoms with Gasteiger partial charge in [0.2, 0.25) is 0 Å². The summed E-state index contributed by atoms with van der Waals surface area (Å²) in [6.45, 7) is 2.00. The minimum Gasteiger partial charge on any atom is -0.307 e. The van der Waals surface area contributed by atoms with Crippen LogP contribution in [-0.4, -0.2) is 9.97 Å². The van der Waals surface area contributed by atoms with Crippen LogP contribution in [0.4, 0.5) is 8.78 Å². The predicted octanol–water partition coefficient (Wildman–Crippen LogP) is 3.33. The predicted molar refractivity (Wildman–Crippen MR) is 69.2 cm³/mol. The van der Waals surface area contributed by atoms with Crippen molar-refractivity contribution in [2.75, 3.05) is 0 Å². The van der Waals surface area contributed by atoms with Crippen molar-refractivity contribution in [1.82, 2.24) is 9.97 Å². The molecule has 19 heavy (non-hydrogen) atoms. The SMILES string of the molecule is CCCc1cc(=O)[nH]c(-c2ccc(C(F)F)cc2)n1. The number of nitrogens with one attached hydrogen (secondary N) is 1. The Morgan fingerprint density at radius 3 is 2.53 bits per heavy atom. The number of hydrogen-bond acceptors (Lipinski definition) is 2. The lowest BCUT2D eigenvalue weighted by Gasteiger charge is -2.05. The Labute approximate surface area is 109 Å². The summed E-state index contributed by atoms with van der Waals surface area (Å²) in [6, 6.07) is 7.21. The molecule has 100 valence electrons.